The zero-order valence-electron chi connectivity index (χ0n) is 8.52. The minimum Gasteiger partial charge on any atom is -0.464 e. The molecule has 2 rings (SSSR count). The van der Waals surface area contributed by atoms with Crippen LogP contribution in [0.25, 0.3) is 0 Å². The molecule has 0 bridgehead atoms. The zero-order valence-corrected chi connectivity index (χ0v) is 8.52. The second kappa shape index (κ2) is 4.06. The molecular weight excluding hydrogens is 210 g/mol. The standard InChI is InChI=1S/C11H9NO4/c1-15-11(14)8-5-7(6-12-8)10(13)9-3-2-4-16-9/h2-6,12H,1H3. The van der Waals surface area contributed by atoms with Crippen LogP contribution in [0.5, 0.6) is 0 Å². The van der Waals surface area contributed by atoms with Gasteiger partial charge in [0.25, 0.3) is 0 Å². The van der Waals surface area contributed by atoms with Crippen molar-refractivity contribution in [1.82, 2.24) is 4.98 Å². The molecule has 0 spiro atoms. The first-order valence-electron chi connectivity index (χ1n) is 4.57. The summed E-state index contributed by atoms with van der Waals surface area (Å²) in [5.41, 5.74) is 0.591. The molecule has 2 aromatic rings. The minimum atomic E-state index is -0.515. The molecule has 0 amide bonds. The molecule has 0 unspecified atom stereocenters. The van der Waals surface area contributed by atoms with E-state index in [1.807, 2.05) is 0 Å². The number of carbonyl (C=O) groups excluding carboxylic acids is 2. The third-order valence-electron chi connectivity index (χ3n) is 2.10. The van der Waals surface area contributed by atoms with Crippen molar-refractivity contribution < 1.29 is 18.7 Å². The van der Waals surface area contributed by atoms with Gasteiger partial charge in [-0.2, -0.15) is 0 Å². The molecule has 2 heterocycles. The Morgan fingerprint density at radius 2 is 2.25 bits per heavy atom. The van der Waals surface area contributed by atoms with Gasteiger partial charge in [-0.25, -0.2) is 4.79 Å². The molecule has 0 aliphatic rings. The van der Waals surface area contributed by atoms with E-state index in [1.165, 1.54) is 25.6 Å². The molecule has 0 saturated carbocycles. The Labute approximate surface area is 91.0 Å². The number of ketones is 1. The highest BCUT2D eigenvalue weighted by Crippen LogP contribution is 2.12. The van der Waals surface area contributed by atoms with Gasteiger partial charge in [0, 0.05) is 11.8 Å². The van der Waals surface area contributed by atoms with Crippen LogP contribution in [0, 0.1) is 0 Å². The van der Waals surface area contributed by atoms with E-state index in [1.54, 1.807) is 12.1 Å². The molecular formula is C11H9NO4. The normalized spacial score (nSPS) is 10.1. The number of esters is 1. The number of aromatic amines is 1. The number of H-pyrrole nitrogens is 1. The SMILES string of the molecule is COC(=O)c1cc(C(=O)c2ccco2)c[nH]1. The maximum absolute atomic E-state index is 11.8. The maximum Gasteiger partial charge on any atom is 0.354 e. The quantitative estimate of drug-likeness (QED) is 0.629. The fourth-order valence-electron chi connectivity index (χ4n) is 1.30. The first-order valence-corrected chi connectivity index (χ1v) is 4.57. The second-order valence-electron chi connectivity index (χ2n) is 3.10. The smallest absolute Gasteiger partial charge is 0.354 e. The number of ether oxygens (including phenoxy) is 1. The Bertz CT molecular complexity index is 510. The number of rotatable bonds is 3. The summed E-state index contributed by atoms with van der Waals surface area (Å²) in [6.07, 6.45) is 2.86. The van der Waals surface area contributed by atoms with Gasteiger partial charge in [-0.1, -0.05) is 0 Å². The van der Waals surface area contributed by atoms with Gasteiger partial charge >= 0.3 is 5.97 Å². The Morgan fingerprint density at radius 3 is 2.88 bits per heavy atom. The van der Waals surface area contributed by atoms with Crippen molar-refractivity contribution in [3.8, 4) is 0 Å². The summed E-state index contributed by atoms with van der Waals surface area (Å²) in [6.45, 7) is 0. The number of hydrogen-bond acceptors (Lipinski definition) is 4. The van der Waals surface area contributed by atoms with E-state index in [0.717, 1.165) is 0 Å². The minimum absolute atomic E-state index is 0.232. The summed E-state index contributed by atoms with van der Waals surface area (Å²) < 4.78 is 9.48. The first-order chi connectivity index (χ1) is 7.72. The fourth-order valence-corrected chi connectivity index (χ4v) is 1.30. The van der Waals surface area contributed by atoms with Crippen LogP contribution in [0.2, 0.25) is 0 Å². The van der Waals surface area contributed by atoms with Crippen LogP contribution >= 0.6 is 0 Å². The van der Waals surface area contributed by atoms with E-state index in [2.05, 4.69) is 9.72 Å². The molecule has 2 aromatic heterocycles. The Hall–Kier alpha value is -2.30. The Balaban J connectivity index is 2.26. The lowest BCUT2D eigenvalue weighted by Crippen LogP contribution is -2.01. The van der Waals surface area contributed by atoms with Crippen molar-refractivity contribution in [2.75, 3.05) is 7.11 Å². The summed E-state index contributed by atoms with van der Waals surface area (Å²) in [7, 11) is 1.27. The van der Waals surface area contributed by atoms with E-state index in [-0.39, 0.29) is 17.2 Å². The predicted octanol–water partition coefficient (Wildman–Crippen LogP) is 1.63. The van der Waals surface area contributed by atoms with Gasteiger partial charge in [-0.15, -0.1) is 0 Å². The van der Waals surface area contributed by atoms with Crippen LogP contribution in [0.1, 0.15) is 26.6 Å². The van der Waals surface area contributed by atoms with Crippen LogP contribution in [-0.4, -0.2) is 23.8 Å². The van der Waals surface area contributed by atoms with Crippen LogP contribution in [-0.2, 0) is 4.74 Å². The molecule has 0 saturated heterocycles. The largest absolute Gasteiger partial charge is 0.464 e. The molecule has 5 nitrogen and oxygen atoms in total. The molecule has 0 radical (unpaired) electrons. The molecule has 1 N–H and O–H groups in total. The van der Waals surface area contributed by atoms with E-state index in [9.17, 15) is 9.59 Å². The average molecular weight is 219 g/mol. The van der Waals surface area contributed by atoms with Crippen molar-refractivity contribution >= 4 is 11.8 Å². The molecule has 0 aliphatic heterocycles. The maximum atomic E-state index is 11.8. The molecule has 0 fully saturated rings. The third kappa shape index (κ3) is 1.75. The van der Waals surface area contributed by atoms with Crippen molar-refractivity contribution in [2.45, 2.75) is 0 Å². The van der Waals surface area contributed by atoms with E-state index < -0.39 is 5.97 Å². The van der Waals surface area contributed by atoms with Gasteiger partial charge in [0.2, 0.25) is 5.78 Å². The lowest BCUT2D eigenvalue weighted by atomic mass is 10.2. The molecule has 0 aliphatic carbocycles. The average Bonchev–Trinajstić information content (AvgIpc) is 2.97. The second-order valence-corrected chi connectivity index (χ2v) is 3.10. The number of methoxy groups -OCH3 is 1. The number of carbonyl (C=O) groups is 2. The van der Waals surface area contributed by atoms with Crippen LogP contribution in [0.4, 0.5) is 0 Å². The van der Waals surface area contributed by atoms with Crippen LogP contribution in [0.15, 0.2) is 35.1 Å². The summed E-state index contributed by atoms with van der Waals surface area (Å²) in [5, 5.41) is 0. The van der Waals surface area contributed by atoms with Crippen molar-refractivity contribution in [3.05, 3.63) is 47.7 Å². The zero-order chi connectivity index (χ0) is 11.5. The Morgan fingerprint density at radius 1 is 1.44 bits per heavy atom. The first kappa shape index (κ1) is 10.2. The molecule has 5 heteroatoms. The number of aromatic nitrogens is 1. The monoisotopic (exact) mass is 219 g/mol. The summed E-state index contributed by atoms with van der Waals surface area (Å²) in [5.74, 6) is -0.565. The van der Waals surface area contributed by atoms with E-state index in [0.29, 0.717) is 5.56 Å². The molecule has 82 valence electrons. The highest BCUT2D eigenvalue weighted by molar-refractivity contribution is 6.08. The van der Waals surface area contributed by atoms with Gasteiger partial charge in [0.1, 0.15) is 5.69 Å². The lowest BCUT2D eigenvalue weighted by Gasteiger charge is -1.92. The summed E-state index contributed by atoms with van der Waals surface area (Å²) in [4.78, 5) is 25.6. The van der Waals surface area contributed by atoms with Gasteiger partial charge < -0.3 is 14.1 Å². The van der Waals surface area contributed by atoms with Gasteiger partial charge in [0.05, 0.1) is 13.4 Å². The molecule has 0 atom stereocenters. The van der Waals surface area contributed by atoms with Crippen molar-refractivity contribution in [1.29, 1.82) is 0 Å². The number of nitrogens with one attached hydrogen (secondary N) is 1. The van der Waals surface area contributed by atoms with Crippen LogP contribution in [0.3, 0.4) is 0 Å². The summed E-state index contributed by atoms with van der Waals surface area (Å²) in [6, 6.07) is 4.62. The third-order valence-corrected chi connectivity index (χ3v) is 2.10. The van der Waals surface area contributed by atoms with Gasteiger partial charge in [-0.3, -0.25) is 4.79 Å². The van der Waals surface area contributed by atoms with E-state index >= 15 is 0 Å². The number of furan rings is 1. The van der Waals surface area contributed by atoms with Gasteiger partial charge in [0.15, 0.2) is 5.76 Å². The molecule has 0 aromatic carbocycles. The van der Waals surface area contributed by atoms with Crippen molar-refractivity contribution in [3.63, 3.8) is 0 Å². The lowest BCUT2D eigenvalue weighted by molar-refractivity contribution is 0.0595. The highest BCUT2D eigenvalue weighted by Gasteiger charge is 2.16. The molecule has 16 heavy (non-hydrogen) atoms. The topological polar surface area (TPSA) is 72.3 Å². The van der Waals surface area contributed by atoms with Crippen LogP contribution < -0.4 is 0 Å². The Kier molecular flexibility index (Phi) is 2.59. The number of hydrogen-bond donors (Lipinski definition) is 1. The van der Waals surface area contributed by atoms with Gasteiger partial charge in [-0.05, 0) is 18.2 Å². The van der Waals surface area contributed by atoms with Crippen molar-refractivity contribution in [2.24, 2.45) is 0 Å². The van der Waals surface area contributed by atoms with E-state index in [4.69, 9.17) is 4.42 Å². The summed E-state index contributed by atoms with van der Waals surface area (Å²) >= 11 is 0. The fraction of sp³-hybridized carbons (Fsp3) is 0.0909. The highest BCUT2D eigenvalue weighted by atomic mass is 16.5. The predicted molar refractivity (Wildman–Crippen MR) is 54.3 cm³/mol.